The molecule has 2 heterocycles. The number of sulfonamides is 1. The monoisotopic (exact) mass is 380 g/mol. The molecule has 2 N–H and O–H groups in total. The lowest BCUT2D eigenvalue weighted by Crippen LogP contribution is -2.49. The van der Waals surface area contributed by atoms with Crippen molar-refractivity contribution >= 4 is 15.9 Å². The van der Waals surface area contributed by atoms with Crippen molar-refractivity contribution in [3.8, 4) is 0 Å². The van der Waals surface area contributed by atoms with Gasteiger partial charge in [0.2, 0.25) is 15.9 Å². The number of amides is 1. The number of carbonyl (C=O) groups excluding carboxylic acids is 1. The molecule has 1 amide bonds. The lowest BCUT2D eigenvalue weighted by Gasteiger charge is -2.32. The molecule has 0 spiro atoms. The number of carbonyl (C=O) groups is 1. The van der Waals surface area contributed by atoms with Gasteiger partial charge >= 0.3 is 0 Å². The van der Waals surface area contributed by atoms with E-state index in [-0.39, 0.29) is 23.8 Å². The second-order valence-electron chi connectivity index (χ2n) is 7.03. The molecule has 26 heavy (non-hydrogen) atoms. The summed E-state index contributed by atoms with van der Waals surface area (Å²) in [6, 6.07) is 7.13. The summed E-state index contributed by atoms with van der Waals surface area (Å²) in [5.74, 6) is 0.0224. The van der Waals surface area contributed by atoms with Crippen molar-refractivity contribution in [1.29, 1.82) is 0 Å². The van der Waals surface area contributed by atoms with Crippen LogP contribution in [0.15, 0.2) is 29.2 Å². The van der Waals surface area contributed by atoms with Crippen LogP contribution >= 0.6 is 0 Å². The maximum absolute atomic E-state index is 12.4. The molecule has 1 atom stereocenters. The highest BCUT2D eigenvalue weighted by molar-refractivity contribution is 7.89. The smallest absolute Gasteiger partial charge is 0.240 e. The Morgan fingerprint density at radius 3 is 2.58 bits per heavy atom. The zero-order valence-electron chi connectivity index (χ0n) is 15.3. The number of rotatable bonds is 6. The first-order chi connectivity index (χ1) is 12.5. The van der Waals surface area contributed by atoms with Crippen LogP contribution < -0.4 is 10.0 Å². The van der Waals surface area contributed by atoms with Crippen LogP contribution in [0.4, 0.5) is 0 Å². The fraction of sp³-hybridized carbons (Fsp3) is 0.611. The summed E-state index contributed by atoms with van der Waals surface area (Å²) >= 11 is 0. The molecule has 144 valence electrons. The van der Waals surface area contributed by atoms with Gasteiger partial charge in [-0.3, -0.25) is 9.69 Å². The Hall–Kier alpha value is -1.48. The number of aryl methyl sites for hydroxylation is 1. The highest BCUT2D eigenvalue weighted by Gasteiger charge is 2.30. The van der Waals surface area contributed by atoms with Gasteiger partial charge in [0.15, 0.2) is 0 Å². The Morgan fingerprint density at radius 2 is 1.88 bits per heavy atom. The van der Waals surface area contributed by atoms with Crippen LogP contribution in [-0.4, -0.2) is 76.0 Å². The van der Waals surface area contributed by atoms with Gasteiger partial charge in [-0.15, -0.1) is 0 Å². The number of nitrogens with one attached hydrogen (secondary N) is 2. The maximum Gasteiger partial charge on any atom is 0.240 e. The summed E-state index contributed by atoms with van der Waals surface area (Å²) in [6.45, 7) is 7.63. The third kappa shape index (κ3) is 4.82. The lowest BCUT2D eigenvalue weighted by molar-refractivity contribution is -0.130. The number of hydrogen-bond acceptors (Lipinski definition) is 5. The second kappa shape index (κ2) is 8.47. The first-order valence-corrected chi connectivity index (χ1v) is 10.7. The summed E-state index contributed by atoms with van der Waals surface area (Å²) < 4.78 is 27.0. The Labute approximate surface area is 155 Å². The van der Waals surface area contributed by atoms with E-state index in [9.17, 15) is 13.2 Å². The Morgan fingerprint density at radius 1 is 1.19 bits per heavy atom. The molecule has 0 aromatic heterocycles. The fourth-order valence-electron chi connectivity index (χ4n) is 3.56. The van der Waals surface area contributed by atoms with Gasteiger partial charge in [0.1, 0.15) is 0 Å². The zero-order chi connectivity index (χ0) is 18.6. The van der Waals surface area contributed by atoms with E-state index in [1.54, 1.807) is 24.3 Å². The van der Waals surface area contributed by atoms with Gasteiger partial charge in [0.05, 0.1) is 4.90 Å². The minimum absolute atomic E-state index is 0.0224. The number of nitrogens with zero attached hydrogens (tertiary/aromatic N) is 2. The Balaban J connectivity index is 1.44. The lowest BCUT2D eigenvalue weighted by atomic mass is 10.2. The van der Waals surface area contributed by atoms with Gasteiger partial charge in [0, 0.05) is 58.3 Å². The Kier molecular flexibility index (Phi) is 6.29. The van der Waals surface area contributed by atoms with Crippen LogP contribution in [0.25, 0.3) is 0 Å². The molecule has 1 aromatic carbocycles. The van der Waals surface area contributed by atoms with E-state index in [1.165, 1.54) is 0 Å². The van der Waals surface area contributed by atoms with Crippen molar-refractivity contribution in [1.82, 2.24) is 19.8 Å². The molecule has 7 nitrogen and oxygen atoms in total. The quantitative estimate of drug-likeness (QED) is 0.735. The molecule has 2 aliphatic rings. The zero-order valence-corrected chi connectivity index (χ0v) is 16.1. The minimum Gasteiger partial charge on any atom is -0.341 e. The summed E-state index contributed by atoms with van der Waals surface area (Å²) in [6.07, 6.45) is 1.19. The van der Waals surface area contributed by atoms with Crippen molar-refractivity contribution in [2.75, 3.05) is 45.8 Å². The van der Waals surface area contributed by atoms with E-state index in [2.05, 4.69) is 14.9 Å². The minimum atomic E-state index is -3.56. The van der Waals surface area contributed by atoms with Gasteiger partial charge in [-0.1, -0.05) is 17.7 Å². The fourth-order valence-corrected chi connectivity index (χ4v) is 4.60. The SMILES string of the molecule is Cc1ccc(S(=O)(=O)NCCC(=O)N2CCC(N3CCNCC3)C2)cc1. The predicted molar refractivity (Wildman–Crippen MR) is 100 cm³/mol. The van der Waals surface area contributed by atoms with Gasteiger partial charge in [-0.25, -0.2) is 13.1 Å². The Bertz CT molecular complexity index is 714. The van der Waals surface area contributed by atoms with E-state index in [1.807, 2.05) is 11.8 Å². The largest absolute Gasteiger partial charge is 0.341 e. The van der Waals surface area contributed by atoms with Gasteiger partial charge in [0.25, 0.3) is 0 Å². The van der Waals surface area contributed by atoms with Crippen molar-refractivity contribution in [3.63, 3.8) is 0 Å². The number of hydrogen-bond donors (Lipinski definition) is 2. The van der Waals surface area contributed by atoms with Gasteiger partial charge in [-0.05, 0) is 25.5 Å². The third-order valence-electron chi connectivity index (χ3n) is 5.15. The molecule has 1 unspecified atom stereocenters. The number of benzene rings is 1. The molecule has 1 aromatic rings. The highest BCUT2D eigenvalue weighted by atomic mass is 32.2. The summed E-state index contributed by atoms with van der Waals surface area (Å²) in [5.41, 5.74) is 1.01. The van der Waals surface area contributed by atoms with Crippen LogP contribution in [0.1, 0.15) is 18.4 Å². The average molecular weight is 381 g/mol. The van der Waals surface area contributed by atoms with Gasteiger partial charge in [-0.2, -0.15) is 0 Å². The van der Waals surface area contributed by atoms with Crippen LogP contribution in [0.3, 0.4) is 0 Å². The number of likely N-dealkylation sites (tertiary alicyclic amines) is 1. The summed E-state index contributed by atoms with van der Waals surface area (Å²) in [4.78, 5) is 16.9. The molecule has 0 saturated carbocycles. The van der Waals surface area contributed by atoms with Crippen LogP contribution in [0.5, 0.6) is 0 Å². The first-order valence-electron chi connectivity index (χ1n) is 9.24. The normalized spacial score (nSPS) is 21.9. The number of piperazine rings is 1. The van der Waals surface area contributed by atoms with E-state index >= 15 is 0 Å². The standard InChI is InChI=1S/C18H28N4O3S/c1-15-2-4-17(5-3-15)26(24,25)20-8-6-18(23)22-11-7-16(14-22)21-12-9-19-10-13-21/h2-5,16,19-20H,6-14H2,1H3. The van der Waals surface area contributed by atoms with Crippen molar-refractivity contribution < 1.29 is 13.2 Å². The van der Waals surface area contributed by atoms with E-state index in [0.29, 0.717) is 6.04 Å². The molecule has 8 heteroatoms. The van der Waals surface area contributed by atoms with Gasteiger partial charge < -0.3 is 10.2 Å². The van der Waals surface area contributed by atoms with Crippen molar-refractivity contribution in [2.24, 2.45) is 0 Å². The molecular formula is C18H28N4O3S. The highest BCUT2D eigenvalue weighted by Crippen LogP contribution is 2.17. The molecule has 0 bridgehead atoms. The third-order valence-corrected chi connectivity index (χ3v) is 6.62. The van der Waals surface area contributed by atoms with E-state index in [4.69, 9.17) is 0 Å². The molecular weight excluding hydrogens is 352 g/mol. The summed E-state index contributed by atoms with van der Waals surface area (Å²) in [7, 11) is -3.56. The van der Waals surface area contributed by atoms with Crippen molar-refractivity contribution in [2.45, 2.75) is 30.7 Å². The molecule has 3 rings (SSSR count). The molecule has 2 aliphatic heterocycles. The van der Waals surface area contributed by atoms with Crippen LogP contribution in [0, 0.1) is 6.92 Å². The van der Waals surface area contributed by atoms with Crippen molar-refractivity contribution in [3.05, 3.63) is 29.8 Å². The predicted octanol–water partition coefficient (Wildman–Crippen LogP) is 0.170. The average Bonchev–Trinajstić information content (AvgIpc) is 3.13. The molecule has 0 radical (unpaired) electrons. The van der Waals surface area contributed by atoms with Crippen LogP contribution in [-0.2, 0) is 14.8 Å². The van der Waals surface area contributed by atoms with E-state index < -0.39 is 10.0 Å². The second-order valence-corrected chi connectivity index (χ2v) is 8.80. The summed E-state index contributed by atoms with van der Waals surface area (Å²) in [5, 5.41) is 3.34. The van der Waals surface area contributed by atoms with Crippen LogP contribution in [0.2, 0.25) is 0 Å². The topological polar surface area (TPSA) is 81.8 Å². The van der Waals surface area contributed by atoms with E-state index in [0.717, 1.165) is 51.3 Å². The first kappa shape index (κ1) is 19.3. The molecule has 2 fully saturated rings. The maximum atomic E-state index is 12.4. The molecule has 2 saturated heterocycles. The molecule has 0 aliphatic carbocycles.